The third-order valence-electron chi connectivity index (χ3n) is 5.70. The maximum Gasteiger partial charge on any atom is 0.140 e. The third kappa shape index (κ3) is 2.68. The lowest BCUT2D eigenvalue weighted by molar-refractivity contribution is 0.263. The molecule has 5 aromatic rings. The highest BCUT2D eigenvalue weighted by Gasteiger charge is 2.23. The number of aromatic nitrogens is 2. The van der Waals surface area contributed by atoms with Gasteiger partial charge in [-0.05, 0) is 35.0 Å². The van der Waals surface area contributed by atoms with Gasteiger partial charge in [-0.15, -0.1) is 0 Å². The van der Waals surface area contributed by atoms with Crippen LogP contribution in [0.1, 0.15) is 0 Å². The molecule has 4 aromatic carbocycles. The molecule has 0 aliphatic carbocycles. The number of hydrogen-bond acceptors (Lipinski definition) is 3. The molecule has 2 heterocycles. The number of ether oxygens (including phenoxy) is 2. The van der Waals surface area contributed by atoms with Gasteiger partial charge in [0.2, 0.25) is 0 Å². The fraction of sp³-hybridized carbons (Fsp3) is 0.160. The summed E-state index contributed by atoms with van der Waals surface area (Å²) >= 11 is 0. The highest BCUT2D eigenvalue weighted by molar-refractivity contribution is 6.23. The van der Waals surface area contributed by atoms with Crippen molar-refractivity contribution in [2.45, 2.75) is 6.10 Å². The summed E-state index contributed by atoms with van der Waals surface area (Å²) in [4.78, 5) is 5.08. The van der Waals surface area contributed by atoms with E-state index in [0.29, 0.717) is 6.61 Å². The van der Waals surface area contributed by atoms with Crippen molar-refractivity contribution in [3.63, 3.8) is 0 Å². The van der Waals surface area contributed by atoms with Crippen molar-refractivity contribution < 1.29 is 9.47 Å². The van der Waals surface area contributed by atoms with Crippen LogP contribution in [0.5, 0.6) is 5.75 Å². The minimum Gasteiger partial charge on any atom is -0.491 e. The third-order valence-corrected chi connectivity index (χ3v) is 5.70. The Labute approximate surface area is 168 Å². The average Bonchev–Trinajstić information content (AvgIpc) is 3.54. The molecule has 4 nitrogen and oxygen atoms in total. The first-order valence-electron chi connectivity index (χ1n) is 9.90. The number of aryl methyl sites for hydroxylation is 1. The molecule has 4 heteroatoms. The number of benzene rings is 4. The Morgan fingerprint density at radius 1 is 0.897 bits per heavy atom. The van der Waals surface area contributed by atoms with Crippen molar-refractivity contribution in [1.82, 2.24) is 9.55 Å². The lowest BCUT2D eigenvalue weighted by Crippen LogP contribution is -2.03. The zero-order valence-corrected chi connectivity index (χ0v) is 16.1. The standard InChI is InChI=1S/C25H20N2O2/c1-27-24-22-9-5-3-7-20(22)19-6-2-4-8-21(19)23(24)26-25(27)16-10-12-17(13-11-16)28-14-18-15-29-18/h2-13,18H,14-15H2,1H3. The smallest absolute Gasteiger partial charge is 0.140 e. The summed E-state index contributed by atoms with van der Waals surface area (Å²) in [6.45, 7) is 1.42. The first-order valence-corrected chi connectivity index (χ1v) is 9.90. The van der Waals surface area contributed by atoms with E-state index in [1.54, 1.807) is 0 Å². The molecule has 0 amide bonds. The van der Waals surface area contributed by atoms with E-state index in [2.05, 4.69) is 72.3 Å². The van der Waals surface area contributed by atoms with E-state index in [-0.39, 0.29) is 6.10 Å². The summed E-state index contributed by atoms with van der Waals surface area (Å²) in [7, 11) is 2.10. The molecule has 0 saturated carbocycles. The van der Waals surface area contributed by atoms with Crippen molar-refractivity contribution in [3.05, 3.63) is 72.8 Å². The quantitative estimate of drug-likeness (QED) is 0.313. The Balaban J connectivity index is 1.54. The second-order valence-electron chi connectivity index (χ2n) is 7.57. The van der Waals surface area contributed by atoms with E-state index in [1.165, 1.54) is 27.1 Å². The zero-order valence-electron chi connectivity index (χ0n) is 16.1. The Morgan fingerprint density at radius 2 is 1.52 bits per heavy atom. The van der Waals surface area contributed by atoms with E-state index in [9.17, 15) is 0 Å². The summed E-state index contributed by atoms with van der Waals surface area (Å²) in [5.74, 6) is 1.82. The molecule has 0 N–H and O–H groups in total. The maximum atomic E-state index is 5.77. The molecule has 0 radical (unpaired) electrons. The molecule has 1 aliphatic heterocycles. The molecule has 1 fully saturated rings. The molecule has 0 spiro atoms. The van der Waals surface area contributed by atoms with Crippen LogP contribution in [0.2, 0.25) is 0 Å². The zero-order chi connectivity index (χ0) is 19.4. The van der Waals surface area contributed by atoms with E-state index in [4.69, 9.17) is 14.5 Å². The van der Waals surface area contributed by atoms with Crippen LogP contribution in [0.15, 0.2) is 72.8 Å². The van der Waals surface area contributed by atoms with Crippen LogP contribution in [0.3, 0.4) is 0 Å². The van der Waals surface area contributed by atoms with Crippen LogP contribution in [0, 0.1) is 0 Å². The highest BCUT2D eigenvalue weighted by atomic mass is 16.6. The SMILES string of the molecule is Cn1c(-c2ccc(OCC3CO3)cc2)nc2c3ccccc3c3ccccc3c21. The first kappa shape index (κ1) is 16.6. The predicted octanol–water partition coefficient (Wildman–Crippen LogP) is 5.32. The van der Waals surface area contributed by atoms with Gasteiger partial charge in [0, 0.05) is 23.4 Å². The number of nitrogens with zero attached hydrogens (tertiary/aromatic N) is 2. The predicted molar refractivity (Wildman–Crippen MR) is 116 cm³/mol. The first-order chi connectivity index (χ1) is 14.3. The number of imidazole rings is 1. The second-order valence-corrected chi connectivity index (χ2v) is 7.57. The molecule has 1 aliphatic rings. The molecule has 142 valence electrons. The number of epoxide rings is 1. The lowest BCUT2D eigenvalue weighted by atomic mass is 10.00. The molecule has 6 rings (SSSR count). The van der Waals surface area contributed by atoms with Gasteiger partial charge < -0.3 is 14.0 Å². The van der Waals surface area contributed by atoms with Crippen LogP contribution in [0.25, 0.3) is 44.0 Å². The van der Waals surface area contributed by atoms with E-state index >= 15 is 0 Å². The van der Waals surface area contributed by atoms with Crippen molar-refractivity contribution in [2.24, 2.45) is 7.05 Å². The Morgan fingerprint density at radius 3 is 2.21 bits per heavy atom. The number of rotatable bonds is 4. The summed E-state index contributed by atoms with van der Waals surface area (Å²) < 4.78 is 13.2. The maximum absolute atomic E-state index is 5.77. The summed E-state index contributed by atoms with van der Waals surface area (Å²) in [6, 6.07) is 25.3. The van der Waals surface area contributed by atoms with Crippen LogP contribution in [0.4, 0.5) is 0 Å². The van der Waals surface area contributed by atoms with Gasteiger partial charge in [-0.2, -0.15) is 0 Å². The summed E-state index contributed by atoms with van der Waals surface area (Å²) in [5, 5.41) is 4.92. The minimum absolute atomic E-state index is 0.260. The van der Waals surface area contributed by atoms with Crippen molar-refractivity contribution in [3.8, 4) is 17.1 Å². The molecule has 1 unspecified atom stereocenters. The highest BCUT2D eigenvalue weighted by Crippen LogP contribution is 2.36. The fourth-order valence-corrected chi connectivity index (χ4v) is 4.16. The van der Waals surface area contributed by atoms with Gasteiger partial charge in [-0.1, -0.05) is 48.5 Å². The van der Waals surface area contributed by atoms with E-state index in [0.717, 1.165) is 29.3 Å². The Kier molecular flexibility index (Phi) is 3.61. The van der Waals surface area contributed by atoms with Gasteiger partial charge >= 0.3 is 0 Å². The largest absolute Gasteiger partial charge is 0.491 e. The number of fused-ring (bicyclic) bond motifs is 6. The van der Waals surface area contributed by atoms with Gasteiger partial charge in [0.15, 0.2) is 0 Å². The summed E-state index contributed by atoms with van der Waals surface area (Å²) in [5.41, 5.74) is 3.29. The second kappa shape index (κ2) is 6.33. The topological polar surface area (TPSA) is 39.6 Å². The average molecular weight is 380 g/mol. The molecule has 1 atom stereocenters. The monoisotopic (exact) mass is 380 g/mol. The van der Waals surface area contributed by atoms with Gasteiger partial charge in [-0.3, -0.25) is 0 Å². The molecule has 1 aromatic heterocycles. The lowest BCUT2D eigenvalue weighted by Gasteiger charge is -2.08. The molecular formula is C25H20N2O2. The molecular weight excluding hydrogens is 360 g/mol. The van der Waals surface area contributed by atoms with Gasteiger partial charge in [0.1, 0.15) is 24.3 Å². The fourth-order valence-electron chi connectivity index (χ4n) is 4.16. The van der Waals surface area contributed by atoms with Crippen molar-refractivity contribution in [1.29, 1.82) is 0 Å². The van der Waals surface area contributed by atoms with Crippen molar-refractivity contribution >= 4 is 32.6 Å². The van der Waals surface area contributed by atoms with Crippen LogP contribution >= 0.6 is 0 Å². The minimum atomic E-state index is 0.260. The summed E-state index contributed by atoms with van der Waals surface area (Å²) in [6.07, 6.45) is 0.260. The van der Waals surface area contributed by atoms with Crippen LogP contribution in [-0.2, 0) is 11.8 Å². The van der Waals surface area contributed by atoms with Gasteiger partial charge in [-0.25, -0.2) is 4.98 Å². The van der Waals surface area contributed by atoms with E-state index < -0.39 is 0 Å². The van der Waals surface area contributed by atoms with Gasteiger partial charge in [0.05, 0.1) is 17.6 Å². The Hall–Kier alpha value is -3.37. The molecule has 29 heavy (non-hydrogen) atoms. The van der Waals surface area contributed by atoms with Crippen LogP contribution in [-0.4, -0.2) is 28.9 Å². The van der Waals surface area contributed by atoms with Gasteiger partial charge in [0.25, 0.3) is 0 Å². The van der Waals surface area contributed by atoms with Crippen LogP contribution < -0.4 is 4.74 Å². The normalized spacial score (nSPS) is 16.0. The Bertz CT molecular complexity index is 1370. The number of hydrogen-bond donors (Lipinski definition) is 0. The van der Waals surface area contributed by atoms with Crippen molar-refractivity contribution in [2.75, 3.05) is 13.2 Å². The molecule has 1 saturated heterocycles. The molecule has 0 bridgehead atoms. The van der Waals surface area contributed by atoms with E-state index in [1.807, 2.05) is 12.1 Å².